The second kappa shape index (κ2) is 10.8. The summed E-state index contributed by atoms with van der Waals surface area (Å²) in [6.45, 7) is 0.276. The SMILES string of the molecule is O=C(CNC(=O)c1ccccc1Cl)N/N=C\c1ccc(OCc2ccccc2)cc1. The molecular formula is C23H20ClN3O3. The monoisotopic (exact) mass is 421 g/mol. The summed E-state index contributed by atoms with van der Waals surface area (Å²) in [5, 5.41) is 6.71. The number of hydrogen-bond acceptors (Lipinski definition) is 4. The topological polar surface area (TPSA) is 79.8 Å². The van der Waals surface area contributed by atoms with Crippen molar-refractivity contribution >= 4 is 29.6 Å². The molecule has 0 aromatic heterocycles. The number of amides is 2. The first kappa shape index (κ1) is 21.1. The third-order valence-electron chi connectivity index (χ3n) is 4.06. The highest BCUT2D eigenvalue weighted by Crippen LogP contribution is 2.14. The fourth-order valence-corrected chi connectivity index (χ4v) is 2.73. The lowest BCUT2D eigenvalue weighted by molar-refractivity contribution is -0.120. The number of nitrogens with zero attached hydrogens (tertiary/aromatic N) is 1. The number of ether oxygens (including phenoxy) is 1. The first-order chi connectivity index (χ1) is 14.6. The first-order valence-corrected chi connectivity index (χ1v) is 9.61. The molecule has 0 saturated carbocycles. The molecule has 0 aliphatic rings. The zero-order chi connectivity index (χ0) is 21.2. The Morgan fingerprint density at radius 1 is 0.933 bits per heavy atom. The molecule has 0 fully saturated rings. The second-order valence-electron chi connectivity index (χ2n) is 6.30. The molecule has 0 unspecified atom stereocenters. The minimum Gasteiger partial charge on any atom is -0.489 e. The number of carbonyl (C=O) groups excluding carboxylic acids is 2. The van der Waals surface area contributed by atoms with Gasteiger partial charge in [0, 0.05) is 0 Å². The minimum atomic E-state index is -0.450. The van der Waals surface area contributed by atoms with Gasteiger partial charge in [-0.25, -0.2) is 5.43 Å². The molecule has 0 aliphatic heterocycles. The molecule has 3 aromatic rings. The second-order valence-corrected chi connectivity index (χ2v) is 6.71. The molecule has 0 heterocycles. The molecule has 30 heavy (non-hydrogen) atoms. The van der Waals surface area contributed by atoms with Crippen LogP contribution in [0.1, 0.15) is 21.5 Å². The summed E-state index contributed by atoms with van der Waals surface area (Å²) in [5.74, 6) is -0.136. The zero-order valence-corrected chi connectivity index (χ0v) is 16.8. The van der Waals surface area contributed by atoms with Gasteiger partial charge in [-0.2, -0.15) is 5.10 Å². The van der Waals surface area contributed by atoms with Crippen molar-refractivity contribution in [3.05, 3.63) is 101 Å². The van der Waals surface area contributed by atoms with Crippen molar-refractivity contribution in [2.45, 2.75) is 6.61 Å². The van der Waals surface area contributed by atoms with E-state index in [1.807, 2.05) is 54.6 Å². The van der Waals surface area contributed by atoms with Crippen LogP contribution in [0.4, 0.5) is 0 Å². The number of benzene rings is 3. The maximum absolute atomic E-state index is 12.0. The summed E-state index contributed by atoms with van der Waals surface area (Å²) in [5.41, 5.74) is 4.56. The number of halogens is 1. The maximum atomic E-state index is 12.0. The van der Waals surface area contributed by atoms with Crippen molar-refractivity contribution in [3.8, 4) is 5.75 Å². The van der Waals surface area contributed by atoms with Gasteiger partial charge in [0.15, 0.2) is 0 Å². The summed E-state index contributed by atoms with van der Waals surface area (Å²) in [4.78, 5) is 23.9. The van der Waals surface area contributed by atoms with Crippen molar-refractivity contribution < 1.29 is 14.3 Å². The van der Waals surface area contributed by atoms with Crippen LogP contribution in [0.5, 0.6) is 5.75 Å². The largest absolute Gasteiger partial charge is 0.489 e. The van der Waals surface area contributed by atoms with Crippen molar-refractivity contribution in [1.29, 1.82) is 0 Å². The number of rotatable bonds is 8. The molecule has 0 radical (unpaired) electrons. The molecule has 0 saturated heterocycles. The summed E-state index contributed by atoms with van der Waals surface area (Å²) >= 11 is 5.95. The van der Waals surface area contributed by atoms with Gasteiger partial charge in [-0.1, -0.05) is 54.1 Å². The van der Waals surface area contributed by atoms with E-state index in [0.717, 1.165) is 16.9 Å². The van der Waals surface area contributed by atoms with Crippen molar-refractivity contribution in [1.82, 2.24) is 10.7 Å². The van der Waals surface area contributed by atoms with Gasteiger partial charge in [-0.05, 0) is 47.5 Å². The van der Waals surface area contributed by atoms with Gasteiger partial charge >= 0.3 is 0 Å². The van der Waals surface area contributed by atoms with Crippen LogP contribution in [0.2, 0.25) is 5.02 Å². The van der Waals surface area contributed by atoms with Crippen LogP contribution in [0.3, 0.4) is 0 Å². The van der Waals surface area contributed by atoms with Crippen LogP contribution < -0.4 is 15.5 Å². The Kier molecular flexibility index (Phi) is 7.58. The molecule has 3 aromatic carbocycles. The fourth-order valence-electron chi connectivity index (χ4n) is 2.51. The molecule has 2 amide bonds. The zero-order valence-electron chi connectivity index (χ0n) is 16.0. The number of carbonyl (C=O) groups is 2. The highest BCUT2D eigenvalue weighted by atomic mass is 35.5. The lowest BCUT2D eigenvalue weighted by atomic mass is 10.2. The van der Waals surface area contributed by atoms with E-state index in [2.05, 4.69) is 15.8 Å². The van der Waals surface area contributed by atoms with E-state index in [1.54, 1.807) is 24.3 Å². The van der Waals surface area contributed by atoms with Gasteiger partial charge in [0.1, 0.15) is 12.4 Å². The standard InChI is InChI=1S/C23H20ClN3O3/c24-21-9-5-4-8-20(21)23(29)25-15-22(28)27-26-14-17-10-12-19(13-11-17)30-16-18-6-2-1-3-7-18/h1-14H,15-16H2,(H,25,29)(H,27,28)/b26-14-. The Bertz CT molecular complexity index is 1020. The van der Waals surface area contributed by atoms with E-state index in [4.69, 9.17) is 16.3 Å². The molecule has 0 atom stereocenters. The van der Waals surface area contributed by atoms with Crippen LogP contribution in [0, 0.1) is 0 Å². The van der Waals surface area contributed by atoms with Crippen LogP contribution in [-0.4, -0.2) is 24.6 Å². The van der Waals surface area contributed by atoms with Crippen molar-refractivity contribution in [2.75, 3.05) is 6.54 Å². The molecule has 0 spiro atoms. The summed E-state index contributed by atoms with van der Waals surface area (Å²) in [7, 11) is 0. The molecule has 152 valence electrons. The third-order valence-corrected chi connectivity index (χ3v) is 4.39. The van der Waals surface area contributed by atoms with Gasteiger partial charge in [0.05, 0.1) is 23.3 Å². The quantitative estimate of drug-likeness (QED) is 0.429. The number of hydrazone groups is 1. The van der Waals surface area contributed by atoms with E-state index in [1.165, 1.54) is 6.21 Å². The Labute approximate surface area is 179 Å². The van der Waals surface area contributed by atoms with Crippen LogP contribution in [0.15, 0.2) is 84.0 Å². The van der Waals surface area contributed by atoms with E-state index < -0.39 is 11.8 Å². The Balaban J connectivity index is 1.41. The van der Waals surface area contributed by atoms with Gasteiger partial charge in [-0.15, -0.1) is 0 Å². The molecular weight excluding hydrogens is 402 g/mol. The fraction of sp³-hybridized carbons (Fsp3) is 0.0870. The van der Waals surface area contributed by atoms with Gasteiger partial charge < -0.3 is 10.1 Å². The summed E-state index contributed by atoms with van der Waals surface area (Å²) < 4.78 is 5.73. The van der Waals surface area contributed by atoms with Crippen molar-refractivity contribution in [2.24, 2.45) is 5.10 Å². The van der Waals surface area contributed by atoms with Crippen LogP contribution >= 0.6 is 11.6 Å². The van der Waals surface area contributed by atoms with E-state index in [9.17, 15) is 9.59 Å². The normalized spacial score (nSPS) is 10.6. The van der Waals surface area contributed by atoms with E-state index in [-0.39, 0.29) is 6.54 Å². The Morgan fingerprint density at radius 2 is 1.63 bits per heavy atom. The molecule has 0 bridgehead atoms. The van der Waals surface area contributed by atoms with Gasteiger partial charge in [-0.3, -0.25) is 9.59 Å². The third kappa shape index (κ3) is 6.46. The highest BCUT2D eigenvalue weighted by Gasteiger charge is 2.10. The Morgan fingerprint density at radius 3 is 2.37 bits per heavy atom. The van der Waals surface area contributed by atoms with Crippen LogP contribution in [0.25, 0.3) is 0 Å². The van der Waals surface area contributed by atoms with Crippen LogP contribution in [-0.2, 0) is 11.4 Å². The molecule has 7 heteroatoms. The molecule has 6 nitrogen and oxygen atoms in total. The molecule has 3 rings (SSSR count). The maximum Gasteiger partial charge on any atom is 0.259 e. The number of nitrogens with one attached hydrogen (secondary N) is 2. The smallest absolute Gasteiger partial charge is 0.259 e. The molecule has 2 N–H and O–H groups in total. The van der Waals surface area contributed by atoms with E-state index >= 15 is 0 Å². The van der Waals surface area contributed by atoms with E-state index in [0.29, 0.717) is 17.2 Å². The summed E-state index contributed by atoms with van der Waals surface area (Å²) in [6, 6.07) is 23.8. The van der Waals surface area contributed by atoms with Gasteiger partial charge in [0.25, 0.3) is 11.8 Å². The van der Waals surface area contributed by atoms with Crippen molar-refractivity contribution in [3.63, 3.8) is 0 Å². The minimum absolute atomic E-state index is 0.215. The number of hydrogen-bond donors (Lipinski definition) is 2. The molecule has 0 aliphatic carbocycles. The predicted octanol–water partition coefficient (Wildman–Crippen LogP) is 3.80. The highest BCUT2D eigenvalue weighted by molar-refractivity contribution is 6.33. The first-order valence-electron chi connectivity index (χ1n) is 9.23. The average Bonchev–Trinajstić information content (AvgIpc) is 2.78. The van der Waals surface area contributed by atoms with Gasteiger partial charge in [0.2, 0.25) is 0 Å². The average molecular weight is 422 g/mol. The Hall–Kier alpha value is -3.64. The lowest BCUT2D eigenvalue weighted by Crippen LogP contribution is -2.35. The lowest BCUT2D eigenvalue weighted by Gasteiger charge is -2.06. The predicted molar refractivity (Wildman–Crippen MR) is 117 cm³/mol. The summed E-state index contributed by atoms with van der Waals surface area (Å²) in [6.07, 6.45) is 1.51.